The molecule has 172 valence electrons. The quantitative estimate of drug-likeness (QED) is 0.345. The highest BCUT2D eigenvalue weighted by molar-refractivity contribution is 7.17. The normalized spacial score (nSPS) is 15.2. The summed E-state index contributed by atoms with van der Waals surface area (Å²) in [6, 6.07) is 18.8. The smallest absolute Gasteiger partial charge is 0.148 e. The van der Waals surface area contributed by atoms with Crippen molar-refractivity contribution >= 4 is 11.3 Å². The van der Waals surface area contributed by atoms with Crippen molar-refractivity contribution in [2.75, 3.05) is 0 Å². The van der Waals surface area contributed by atoms with E-state index in [0.717, 1.165) is 46.9 Å². The van der Waals surface area contributed by atoms with Crippen molar-refractivity contribution in [1.82, 2.24) is 20.5 Å². The largest absolute Gasteiger partial charge is 0.490 e. The molecule has 0 unspecified atom stereocenters. The topological polar surface area (TPSA) is 86.6 Å². The molecular formula is C27H27N5OS. The van der Waals surface area contributed by atoms with Crippen molar-refractivity contribution < 1.29 is 4.74 Å². The minimum atomic E-state index is 0.0106. The van der Waals surface area contributed by atoms with E-state index in [9.17, 15) is 5.26 Å². The monoisotopic (exact) mass is 469 g/mol. The molecule has 0 amide bonds. The van der Waals surface area contributed by atoms with Crippen LogP contribution in [0.1, 0.15) is 55.1 Å². The van der Waals surface area contributed by atoms with Crippen LogP contribution in [-0.4, -0.2) is 21.3 Å². The second kappa shape index (κ2) is 9.80. The molecule has 1 atom stereocenters. The molecule has 6 nitrogen and oxygen atoms in total. The van der Waals surface area contributed by atoms with E-state index in [4.69, 9.17) is 4.74 Å². The first-order valence-electron chi connectivity index (χ1n) is 11.6. The average molecular weight is 470 g/mol. The molecule has 4 aromatic rings. The second-order valence-electron chi connectivity index (χ2n) is 8.80. The summed E-state index contributed by atoms with van der Waals surface area (Å²) in [7, 11) is 0. The fraction of sp³-hybridized carbons (Fsp3) is 0.296. The SMILES string of the molecule is CC(C)Oc1ccc(-c2nnc(-c3cccc4c3CCC[C@@H]4NCc3ccc[nH]3)s2)cc1C#N. The fourth-order valence-electron chi connectivity index (χ4n) is 4.53. The van der Waals surface area contributed by atoms with E-state index < -0.39 is 0 Å². The molecule has 0 saturated heterocycles. The lowest BCUT2D eigenvalue weighted by molar-refractivity contribution is 0.242. The number of H-pyrrole nitrogens is 1. The van der Waals surface area contributed by atoms with Crippen LogP contribution in [0.2, 0.25) is 0 Å². The Bertz CT molecular complexity index is 1320. The third-order valence-corrected chi connectivity index (χ3v) is 7.08. The van der Waals surface area contributed by atoms with Crippen molar-refractivity contribution in [1.29, 1.82) is 5.26 Å². The van der Waals surface area contributed by atoms with Crippen molar-refractivity contribution in [2.24, 2.45) is 0 Å². The Morgan fingerprint density at radius 3 is 2.85 bits per heavy atom. The molecular weight excluding hydrogens is 442 g/mol. The minimum Gasteiger partial charge on any atom is -0.490 e. The van der Waals surface area contributed by atoms with Crippen molar-refractivity contribution in [2.45, 2.75) is 51.8 Å². The van der Waals surface area contributed by atoms with Crippen LogP contribution >= 0.6 is 11.3 Å². The van der Waals surface area contributed by atoms with Gasteiger partial charge in [-0.1, -0.05) is 29.5 Å². The second-order valence-corrected chi connectivity index (χ2v) is 9.77. The Balaban J connectivity index is 1.42. The molecule has 0 spiro atoms. The van der Waals surface area contributed by atoms with Gasteiger partial charge in [0.15, 0.2) is 0 Å². The highest BCUT2D eigenvalue weighted by atomic mass is 32.1. The number of benzene rings is 2. The Morgan fingerprint density at radius 2 is 2.06 bits per heavy atom. The van der Waals surface area contributed by atoms with Crippen molar-refractivity contribution in [3.63, 3.8) is 0 Å². The van der Waals surface area contributed by atoms with E-state index in [0.29, 0.717) is 17.4 Å². The molecule has 7 heteroatoms. The number of aromatic amines is 1. The van der Waals surface area contributed by atoms with E-state index in [1.807, 2.05) is 44.3 Å². The summed E-state index contributed by atoms with van der Waals surface area (Å²) in [6.45, 7) is 4.72. The van der Waals surface area contributed by atoms with Gasteiger partial charge in [0.25, 0.3) is 0 Å². The zero-order valence-corrected chi connectivity index (χ0v) is 20.2. The fourth-order valence-corrected chi connectivity index (χ4v) is 5.42. The predicted octanol–water partition coefficient (Wildman–Crippen LogP) is 6.03. The van der Waals surface area contributed by atoms with Gasteiger partial charge in [-0.25, -0.2) is 0 Å². The molecule has 2 aromatic carbocycles. The number of nitrogens with zero attached hydrogens (tertiary/aromatic N) is 3. The van der Waals surface area contributed by atoms with Gasteiger partial charge in [0.2, 0.25) is 0 Å². The summed E-state index contributed by atoms with van der Waals surface area (Å²) in [6.07, 6.45) is 5.28. The van der Waals surface area contributed by atoms with Crippen LogP contribution in [0.4, 0.5) is 0 Å². The highest BCUT2D eigenvalue weighted by Crippen LogP contribution is 2.39. The van der Waals surface area contributed by atoms with Crippen LogP contribution in [0.15, 0.2) is 54.7 Å². The summed E-state index contributed by atoms with van der Waals surface area (Å²) in [5.74, 6) is 0.598. The number of hydrogen-bond acceptors (Lipinski definition) is 6. The Hall–Kier alpha value is -3.47. The Kier molecular flexibility index (Phi) is 6.43. The van der Waals surface area contributed by atoms with E-state index in [2.05, 4.69) is 50.8 Å². The van der Waals surface area contributed by atoms with Crippen LogP contribution in [0, 0.1) is 11.3 Å². The van der Waals surface area contributed by atoms with Crippen LogP contribution in [0.5, 0.6) is 5.75 Å². The maximum Gasteiger partial charge on any atom is 0.148 e. The standard InChI is InChI=1S/C27H27N5OS/c1-17(2)33-25-12-11-18(14-19(25)15-28)26-31-32-27(34-26)23-9-3-8-22-21(23)7-4-10-24(22)30-16-20-6-5-13-29-20/h3,5-6,8-9,11-14,17,24,29-30H,4,7,10,16H2,1-2H3/t24-/m0/s1. The molecule has 2 N–H and O–H groups in total. The van der Waals surface area contributed by atoms with E-state index >= 15 is 0 Å². The molecule has 2 heterocycles. The van der Waals surface area contributed by atoms with Crippen molar-refractivity contribution in [3.8, 4) is 33.0 Å². The molecule has 0 saturated carbocycles. The van der Waals surface area contributed by atoms with Gasteiger partial charge >= 0.3 is 0 Å². The summed E-state index contributed by atoms with van der Waals surface area (Å²) < 4.78 is 5.75. The van der Waals surface area contributed by atoms with Crippen LogP contribution in [-0.2, 0) is 13.0 Å². The Morgan fingerprint density at radius 1 is 1.18 bits per heavy atom. The predicted molar refractivity (Wildman–Crippen MR) is 135 cm³/mol. The zero-order valence-electron chi connectivity index (χ0n) is 19.3. The molecule has 1 aliphatic rings. The molecule has 0 bridgehead atoms. The molecule has 5 rings (SSSR count). The first-order valence-corrected chi connectivity index (χ1v) is 12.5. The molecule has 0 radical (unpaired) electrons. The van der Waals surface area contributed by atoms with Crippen LogP contribution in [0.25, 0.3) is 21.1 Å². The highest BCUT2D eigenvalue weighted by Gasteiger charge is 2.24. The summed E-state index contributed by atoms with van der Waals surface area (Å²) in [5, 5.41) is 24.0. The lowest BCUT2D eigenvalue weighted by Crippen LogP contribution is -2.25. The molecule has 1 aliphatic carbocycles. The lowest BCUT2D eigenvalue weighted by Gasteiger charge is -2.27. The number of fused-ring (bicyclic) bond motifs is 1. The lowest BCUT2D eigenvalue weighted by atomic mass is 9.85. The zero-order chi connectivity index (χ0) is 23.5. The number of rotatable bonds is 7. The number of hydrogen-bond donors (Lipinski definition) is 2. The van der Waals surface area contributed by atoms with Gasteiger partial charge in [-0.15, -0.1) is 10.2 Å². The first kappa shape index (κ1) is 22.3. The van der Waals surface area contributed by atoms with Crippen LogP contribution in [0.3, 0.4) is 0 Å². The van der Waals surface area contributed by atoms with E-state index in [1.165, 1.54) is 16.8 Å². The Labute approximate surface area is 203 Å². The van der Waals surface area contributed by atoms with Gasteiger partial charge in [0.05, 0.1) is 11.7 Å². The molecule has 2 aromatic heterocycles. The summed E-state index contributed by atoms with van der Waals surface area (Å²) in [4.78, 5) is 3.27. The van der Waals surface area contributed by atoms with Gasteiger partial charge < -0.3 is 15.0 Å². The third kappa shape index (κ3) is 4.60. The summed E-state index contributed by atoms with van der Waals surface area (Å²) in [5.41, 5.74) is 6.46. The van der Waals surface area contributed by atoms with E-state index in [1.54, 1.807) is 11.3 Å². The molecule has 0 fully saturated rings. The molecule has 34 heavy (non-hydrogen) atoms. The first-order chi connectivity index (χ1) is 16.6. The number of nitriles is 1. The van der Waals surface area contributed by atoms with Gasteiger partial charge in [-0.2, -0.15) is 5.26 Å². The average Bonchev–Trinajstić information content (AvgIpc) is 3.55. The van der Waals surface area contributed by atoms with Gasteiger partial charge in [-0.05, 0) is 74.6 Å². The number of nitrogens with one attached hydrogen (secondary N) is 2. The van der Waals surface area contributed by atoms with Gasteiger partial charge in [0, 0.05) is 35.6 Å². The maximum atomic E-state index is 9.58. The third-order valence-electron chi connectivity index (χ3n) is 6.07. The number of ether oxygens (including phenoxy) is 1. The van der Waals surface area contributed by atoms with Crippen LogP contribution < -0.4 is 10.1 Å². The maximum absolute atomic E-state index is 9.58. The van der Waals surface area contributed by atoms with Crippen molar-refractivity contribution in [3.05, 3.63) is 77.1 Å². The van der Waals surface area contributed by atoms with Gasteiger partial charge in [0.1, 0.15) is 21.8 Å². The number of aromatic nitrogens is 3. The summed E-state index contributed by atoms with van der Waals surface area (Å²) >= 11 is 1.57. The van der Waals surface area contributed by atoms with E-state index in [-0.39, 0.29) is 6.10 Å². The molecule has 0 aliphatic heterocycles. The van der Waals surface area contributed by atoms with Gasteiger partial charge in [-0.3, -0.25) is 0 Å². The minimum absolute atomic E-state index is 0.0106.